The van der Waals surface area contributed by atoms with Crippen LogP contribution in [0.3, 0.4) is 0 Å². The molecule has 1 aromatic carbocycles. The number of carbonyl (C=O) groups excluding carboxylic acids is 1. The predicted molar refractivity (Wildman–Crippen MR) is 76.6 cm³/mol. The molecule has 0 N–H and O–H groups in total. The van der Waals surface area contributed by atoms with Crippen LogP contribution < -0.4 is 0 Å². The van der Waals surface area contributed by atoms with Gasteiger partial charge >= 0.3 is 0 Å². The molecule has 0 radical (unpaired) electrons. The Balaban J connectivity index is 1.64. The zero-order valence-electron chi connectivity index (χ0n) is 11.3. The van der Waals surface area contributed by atoms with Crippen LogP contribution in [-0.4, -0.2) is 20.9 Å². The second-order valence-corrected chi connectivity index (χ2v) is 4.52. The molecule has 0 aliphatic rings. The fourth-order valence-electron chi connectivity index (χ4n) is 1.94. The Morgan fingerprint density at radius 3 is 2.62 bits per heavy atom. The molecule has 2 heterocycles. The molecule has 3 rings (SSSR count). The number of ketones is 1. The highest BCUT2D eigenvalue weighted by Gasteiger charge is 2.12. The molecule has 5 nitrogen and oxygen atoms in total. The summed E-state index contributed by atoms with van der Waals surface area (Å²) in [5.74, 6) is 0.950. The van der Waals surface area contributed by atoms with E-state index < -0.39 is 0 Å². The van der Waals surface area contributed by atoms with E-state index in [0.717, 1.165) is 0 Å². The quantitative estimate of drug-likeness (QED) is 0.672. The van der Waals surface area contributed by atoms with Gasteiger partial charge in [0.1, 0.15) is 5.69 Å². The average molecular weight is 279 g/mol. The smallest absolute Gasteiger partial charge is 0.227 e. The fraction of sp³-hybridized carbons (Fsp3) is 0.125. The van der Waals surface area contributed by atoms with Crippen LogP contribution in [0.2, 0.25) is 0 Å². The number of nitrogens with zero attached hydrogens (tertiary/aromatic N) is 3. The van der Waals surface area contributed by atoms with Gasteiger partial charge in [-0.25, -0.2) is 0 Å². The van der Waals surface area contributed by atoms with Gasteiger partial charge in [0.25, 0.3) is 0 Å². The van der Waals surface area contributed by atoms with Crippen molar-refractivity contribution in [1.29, 1.82) is 0 Å². The Bertz CT molecular complexity index is 724. The van der Waals surface area contributed by atoms with E-state index in [9.17, 15) is 4.79 Å². The summed E-state index contributed by atoms with van der Waals surface area (Å²) in [6.45, 7) is 0. The molecule has 0 fully saturated rings. The Morgan fingerprint density at radius 1 is 1.05 bits per heavy atom. The van der Waals surface area contributed by atoms with Crippen molar-refractivity contribution in [2.75, 3.05) is 0 Å². The maximum atomic E-state index is 12.0. The highest BCUT2D eigenvalue weighted by atomic mass is 16.5. The Kier molecular flexibility index (Phi) is 3.82. The molecule has 104 valence electrons. The minimum atomic E-state index is 0.0631. The summed E-state index contributed by atoms with van der Waals surface area (Å²) in [4.78, 5) is 20.4. The van der Waals surface area contributed by atoms with Gasteiger partial charge in [0, 0.05) is 24.6 Å². The topological polar surface area (TPSA) is 68.9 Å². The number of Topliss-reactive ketones (excluding diaryl/α,β-unsaturated/α-hetero) is 1. The van der Waals surface area contributed by atoms with Gasteiger partial charge in [-0.05, 0) is 12.1 Å². The zero-order chi connectivity index (χ0) is 14.5. The lowest BCUT2D eigenvalue weighted by Crippen LogP contribution is -2.01. The normalized spacial score (nSPS) is 10.5. The van der Waals surface area contributed by atoms with Crippen LogP contribution in [-0.2, 0) is 6.42 Å². The minimum Gasteiger partial charge on any atom is -0.339 e. The Morgan fingerprint density at radius 2 is 1.86 bits per heavy atom. The number of hydrogen-bond acceptors (Lipinski definition) is 5. The molecule has 0 atom stereocenters. The van der Waals surface area contributed by atoms with Crippen LogP contribution >= 0.6 is 0 Å². The SMILES string of the molecule is O=C(CCc1nc(-c2ccccn2)no1)c1ccccc1. The van der Waals surface area contributed by atoms with Crippen molar-refractivity contribution < 1.29 is 9.32 Å². The number of aromatic nitrogens is 3. The number of aryl methyl sites for hydroxylation is 1. The van der Waals surface area contributed by atoms with Crippen molar-refractivity contribution in [3.8, 4) is 11.5 Å². The van der Waals surface area contributed by atoms with Gasteiger partial charge in [-0.3, -0.25) is 9.78 Å². The first-order valence-corrected chi connectivity index (χ1v) is 6.65. The number of rotatable bonds is 5. The highest BCUT2D eigenvalue weighted by Crippen LogP contribution is 2.13. The second-order valence-electron chi connectivity index (χ2n) is 4.52. The van der Waals surface area contributed by atoms with Gasteiger partial charge in [-0.15, -0.1) is 0 Å². The van der Waals surface area contributed by atoms with Gasteiger partial charge in [-0.1, -0.05) is 41.6 Å². The number of benzene rings is 1. The van der Waals surface area contributed by atoms with E-state index in [0.29, 0.717) is 35.8 Å². The van der Waals surface area contributed by atoms with Crippen molar-refractivity contribution in [3.05, 3.63) is 66.2 Å². The van der Waals surface area contributed by atoms with Gasteiger partial charge in [0.2, 0.25) is 11.7 Å². The van der Waals surface area contributed by atoms with Crippen LogP contribution in [0.25, 0.3) is 11.5 Å². The molecular formula is C16H13N3O2. The fourth-order valence-corrected chi connectivity index (χ4v) is 1.94. The summed E-state index contributed by atoms with van der Waals surface area (Å²) in [6.07, 6.45) is 2.44. The summed E-state index contributed by atoms with van der Waals surface area (Å²) in [7, 11) is 0. The van der Waals surface area contributed by atoms with Crippen LogP contribution in [0.4, 0.5) is 0 Å². The maximum absolute atomic E-state index is 12.0. The molecule has 0 aliphatic heterocycles. The van der Waals surface area contributed by atoms with E-state index in [2.05, 4.69) is 15.1 Å². The molecule has 2 aromatic heterocycles. The largest absolute Gasteiger partial charge is 0.339 e. The minimum absolute atomic E-state index is 0.0631. The molecule has 5 heteroatoms. The first-order valence-electron chi connectivity index (χ1n) is 6.65. The molecule has 0 spiro atoms. The highest BCUT2D eigenvalue weighted by molar-refractivity contribution is 5.96. The van der Waals surface area contributed by atoms with E-state index in [-0.39, 0.29) is 5.78 Å². The average Bonchev–Trinajstić information content (AvgIpc) is 3.03. The van der Waals surface area contributed by atoms with E-state index in [1.165, 1.54) is 0 Å². The van der Waals surface area contributed by atoms with Gasteiger partial charge in [0.15, 0.2) is 5.78 Å². The number of pyridine rings is 1. The summed E-state index contributed by atoms with van der Waals surface area (Å²) in [5, 5.41) is 3.88. The summed E-state index contributed by atoms with van der Waals surface area (Å²) < 4.78 is 5.15. The molecule has 3 aromatic rings. The van der Waals surface area contributed by atoms with Gasteiger partial charge < -0.3 is 4.52 Å². The van der Waals surface area contributed by atoms with E-state index >= 15 is 0 Å². The van der Waals surface area contributed by atoms with Crippen LogP contribution in [0.1, 0.15) is 22.7 Å². The van der Waals surface area contributed by atoms with Crippen molar-refractivity contribution >= 4 is 5.78 Å². The van der Waals surface area contributed by atoms with Crippen molar-refractivity contribution in [2.24, 2.45) is 0 Å². The standard InChI is InChI=1S/C16H13N3O2/c20-14(12-6-2-1-3-7-12)9-10-15-18-16(19-21-15)13-8-4-5-11-17-13/h1-8,11H,9-10H2. The molecule has 0 amide bonds. The lowest BCUT2D eigenvalue weighted by molar-refractivity contribution is 0.0979. The van der Waals surface area contributed by atoms with Crippen LogP contribution in [0, 0.1) is 0 Å². The molecule has 0 saturated carbocycles. The van der Waals surface area contributed by atoms with Crippen LogP contribution in [0.5, 0.6) is 0 Å². The van der Waals surface area contributed by atoms with Crippen molar-refractivity contribution in [2.45, 2.75) is 12.8 Å². The van der Waals surface area contributed by atoms with E-state index in [4.69, 9.17) is 4.52 Å². The first-order chi connectivity index (χ1) is 10.3. The third-order valence-corrected chi connectivity index (χ3v) is 3.02. The molecule has 0 aliphatic carbocycles. The lowest BCUT2D eigenvalue weighted by Gasteiger charge is -1.97. The molecular weight excluding hydrogens is 266 g/mol. The Hall–Kier alpha value is -2.82. The maximum Gasteiger partial charge on any atom is 0.227 e. The second kappa shape index (κ2) is 6.09. The summed E-state index contributed by atoms with van der Waals surface area (Å²) >= 11 is 0. The van der Waals surface area contributed by atoms with Gasteiger partial charge in [-0.2, -0.15) is 4.98 Å². The molecule has 0 unspecified atom stereocenters. The summed E-state index contributed by atoms with van der Waals surface area (Å²) in [6, 6.07) is 14.7. The molecule has 21 heavy (non-hydrogen) atoms. The zero-order valence-corrected chi connectivity index (χ0v) is 11.3. The number of hydrogen-bond donors (Lipinski definition) is 0. The van der Waals surface area contributed by atoms with Crippen molar-refractivity contribution in [1.82, 2.24) is 15.1 Å². The van der Waals surface area contributed by atoms with E-state index in [1.807, 2.05) is 36.4 Å². The lowest BCUT2D eigenvalue weighted by atomic mass is 10.1. The third kappa shape index (κ3) is 3.20. The van der Waals surface area contributed by atoms with E-state index in [1.54, 1.807) is 18.3 Å². The monoisotopic (exact) mass is 279 g/mol. The van der Waals surface area contributed by atoms with Gasteiger partial charge in [0.05, 0.1) is 0 Å². The summed E-state index contributed by atoms with van der Waals surface area (Å²) in [5.41, 5.74) is 1.35. The number of carbonyl (C=O) groups is 1. The molecule has 0 bridgehead atoms. The molecule has 0 saturated heterocycles. The van der Waals surface area contributed by atoms with Crippen molar-refractivity contribution in [3.63, 3.8) is 0 Å². The van der Waals surface area contributed by atoms with Crippen LogP contribution in [0.15, 0.2) is 59.3 Å². The predicted octanol–water partition coefficient (Wildman–Crippen LogP) is 2.95. The Labute approximate surface area is 121 Å². The third-order valence-electron chi connectivity index (χ3n) is 3.02. The first kappa shape index (κ1) is 13.2.